The van der Waals surface area contributed by atoms with Crippen LogP contribution in [0, 0.1) is 0 Å². The fraction of sp³-hybridized carbons (Fsp3) is 0.375. The summed E-state index contributed by atoms with van der Waals surface area (Å²) in [6, 6.07) is 0. The van der Waals surface area contributed by atoms with Gasteiger partial charge in [0, 0.05) is 0 Å². The van der Waals surface area contributed by atoms with Crippen LogP contribution in [0.3, 0.4) is 0 Å². The van der Waals surface area contributed by atoms with Crippen molar-refractivity contribution in [2.75, 3.05) is 0 Å². The Morgan fingerprint density at radius 1 is 1.12 bits per heavy atom. The lowest BCUT2D eigenvalue weighted by Crippen LogP contribution is -1.83. The third-order valence-corrected chi connectivity index (χ3v) is 1.69. The summed E-state index contributed by atoms with van der Waals surface area (Å²) in [5.74, 6) is 0. The summed E-state index contributed by atoms with van der Waals surface area (Å²) >= 11 is 0. The van der Waals surface area contributed by atoms with Gasteiger partial charge < -0.3 is 0 Å². The molecule has 16 heavy (non-hydrogen) atoms. The zero-order valence-corrected chi connectivity index (χ0v) is 11.8. The van der Waals surface area contributed by atoms with Gasteiger partial charge in [0.2, 0.25) is 0 Å². The first kappa shape index (κ1) is 20.2. The Balaban J connectivity index is -0.000000376. The van der Waals surface area contributed by atoms with E-state index in [1.807, 2.05) is 26.8 Å². The quantitative estimate of drug-likeness (QED) is 0.411. The van der Waals surface area contributed by atoms with Crippen molar-refractivity contribution in [3.05, 3.63) is 61.3 Å². The molecule has 0 aromatic rings. The van der Waals surface area contributed by atoms with Gasteiger partial charge in [0.15, 0.2) is 0 Å². The van der Waals surface area contributed by atoms with E-state index in [2.05, 4.69) is 52.3 Å². The van der Waals surface area contributed by atoms with E-state index in [4.69, 9.17) is 0 Å². The molecule has 0 aliphatic rings. The Bertz CT molecular complexity index is 239. The average Bonchev–Trinajstić information content (AvgIpc) is 2.32. The average molecular weight is 220 g/mol. The lowest BCUT2D eigenvalue weighted by molar-refractivity contribution is 1.21. The number of rotatable bonds is 4. The van der Waals surface area contributed by atoms with E-state index < -0.39 is 0 Å². The number of hydrogen-bond donors (Lipinski definition) is 0. The molecule has 0 unspecified atom stereocenters. The highest BCUT2D eigenvalue weighted by Crippen LogP contribution is 2.14. The smallest absolute Gasteiger partial charge is 0.0210 e. The monoisotopic (exact) mass is 220 g/mol. The zero-order valence-electron chi connectivity index (χ0n) is 11.8. The molecule has 0 rings (SSSR count). The molecule has 0 nitrogen and oxygen atoms in total. The molecule has 0 bridgehead atoms. The van der Waals surface area contributed by atoms with Gasteiger partial charge in [-0.1, -0.05) is 57.7 Å². The zero-order chi connectivity index (χ0) is 13.6. The summed E-state index contributed by atoms with van der Waals surface area (Å²) in [6.45, 7) is 23.9. The van der Waals surface area contributed by atoms with Gasteiger partial charge in [-0.05, 0) is 31.4 Å². The predicted octanol–water partition coefficient (Wildman–Crippen LogP) is 5.86. The van der Waals surface area contributed by atoms with Crippen LogP contribution in [0.25, 0.3) is 0 Å². The predicted molar refractivity (Wildman–Crippen MR) is 79.7 cm³/mol. The first-order chi connectivity index (χ1) is 7.63. The van der Waals surface area contributed by atoms with Gasteiger partial charge >= 0.3 is 0 Å². The van der Waals surface area contributed by atoms with Crippen molar-refractivity contribution in [2.45, 2.75) is 41.0 Å². The molecule has 0 N–H and O–H groups in total. The minimum Gasteiger partial charge on any atom is -0.106 e. The Kier molecular flexibility index (Phi) is 20.3. The van der Waals surface area contributed by atoms with Crippen molar-refractivity contribution >= 4 is 0 Å². The highest BCUT2D eigenvalue weighted by atomic mass is 14.0. The molecule has 0 saturated heterocycles. The third kappa shape index (κ3) is 10.8. The third-order valence-electron chi connectivity index (χ3n) is 1.69. The SMILES string of the molecule is C=C.C=C/C(C(=C)C)=C(C)/C=C\CC.CC. The summed E-state index contributed by atoms with van der Waals surface area (Å²) in [5, 5.41) is 0. The summed E-state index contributed by atoms with van der Waals surface area (Å²) in [6.07, 6.45) is 7.18. The van der Waals surface area contributed by atoms with Crippen LogP contribution in [0.2, 0.25) is 0 Å². The molecule has 92 valence electrons. The molecule has 0 heteroatoms. The lowest BCUT2D eigenvalue weighted by atomic mass is 10.0. The van der Waals surface area contributed by atoms with Crippen molar-refractivity contribution < 1.29 is 0 Å². The number of allylic oxidation sites excluding steroid dienone is 6. The van der Waals surface area contributed by atoms with Crippen molar-refractivity contribution in [2.24, 2.45) is 0 Å². The summed E-state index contributed by atoms with van der Waals surface area (Å²) in [7, 11) is 0. The molecule has 0 saturated carbocycles. The standard InChI is InChI=1S/C12H18.C2H6.C2H4/c1-6-8-9-11(5)12(7-2)10(3)4;2*1-2/h7-9H,2-3,6H2,1,4-5H3;1-2H3;1-2H2/b9-8-,12-11-;;. The molecule has 0 aliphatic carbocycles. The Morgan fingerprint density at radius 3 is 1.81 bits per heavy atom. The van der Waals surface area contributed by atoms with Crippen LogP contribution in [-0.2, 0) is 0 Å². The molecule has 0 fully saturated rings. The van der Waals surface area contributed by atoms with Gasteiger partial charge in [0.25, 0.3) is 0 Å². The fourth-order valence-corrected chi connectivity index (χ4v) is 1.06. The second kappa shape index (κ2) is 16.1. The summed E-state index contributed by atoms with van der Waals surface area (Å²) in [5.41, 5.74) is 3.46. The van der Waals surface area contributed by atoms with Crippen LogP contribution < -0.4 is 0 Å². The molecule has 0 heterocycles. The maximum Gasteiger partial charge on any atom is -0.0210 e. The second-order valence-electron chi connectivity index (χ2n) is 2.89. The minimum atomic E-state index is 1.07. The van der Waals surface area contributed by atoms with Gasteiger partial charge in [-0.2, -0.15) is 0 Å². The van der Waals surface area contributed by atoms with Crippen molar-refractivity contribution in [1.82, 2.24) is 0 Å². The Labute approximate surface area is 103 Å². The van der Waals surface area contributed by atoms with Gasteiger partial charge in [-0.3, -0.25) is 0 Å². The van der Waals surface area contributed by atoms with E-state index in [9.17, 15) is 0 Å². The van der Waals surface area contributed by atoms with E-state index in [1.54, 1.807) is 0 Å². The van der Waals surface area contributed by atoms with Crippen molar-refractivity contribution in [3.63, 3.8) is 0 Å². The second-order valence-corrected chi connectivity index (χ2v) is 2.89. The largest absolute Gasteiger partial charge is 0.106 e. The first-order valence-corrected chi connectivity index (χ1v) is 5.79. The maximum atomic E-state index is 3.89. The molecule has 0 amide bonds. The van der Waals surface area contributed by atoms with E-state index in [0.717, 1.165) is 17.6 Å². The van der Waals surface area contributed by atoms with Crippen LogP contribution in [-0.4, -0.2) is 0 Å². The maximum absolute atomic E-state index is 3.89. The Morgan fingerprint density at radius 2 is 1.56 bits per heavy atom. The first-order valence-electron chi connectivity index (χ1n) is 5.79. The van der Waals surface area contributed by atoms with Crippen LogP contribution >= 0.6 is 0 Å². The van der Waals surface area contributed by atoms with Crippen LogP contribution in [0.4, 0.5) is 0 Å². The topological polar surface area (TPSA) is 0 Å². The molecule has 0 aromatic heterocycles. The lowest BCUT2D eigenvalue weighted by Gasteiger charge is -2.02. The fourth-order valence-electron chi connectivity index (χ4n) is 1.06. The van der Waals surface area contributed by atoms with E-state index in [0.29, 0.717) is 0 Å². The van der Waals surface area contributed by atoms with Gasteiger partial charge in [-0.15, -0.1) is 13.2 Å². The molecule has 0 aliphatic heterocycles. The van der Waals surface area contributed by atoms with Crippen LogP contribution in [0.15, 0.2) is 61.3 Å². The highest BCUT2D eigenvalue weighted by molar-refractivity contribution is 5.43. The van der Waals surface area contributed by atoms with E-state index in [1.165, 1.54) is 5.57 Å². The Hall–Kier alpha value is -1.30. The molecule has 0 atom stereocenters. The molecule has 0 aromatic carbocycles. The van der Waals surface area contributed by atoms with E-state index >= 15 is 0 Å². The number of hydrogen-bond acceptors (Lipinski definition) is 0. The molecular formula is C16H28. The van der Waals surface area contributed by atoms with Crippen LogP contribution in [0.1, 0.15) is 41.0 Å². The summed E-state index contributed by atoms with van der Waals surface area (Å²) < 4.78 is 0. The van der Waals surface area contributed by atoms with E-state index in [-0.39, 0.29) is 0 Å². The van der Waals surface area contributed by atoms with Crippen molar-refractivity contribution in [3.8, 4) is 0 Å². The molecule has 0 radical (unpaired) electrons. The normalized spacial score (nSPS) is 10.3. The minimum absolute atomic E-state index is 1.07. The highest BCUT2D eigenvalue weighted by Gasteiger charge is 1.94. The molecule has 0 spiro atoms. The van der Waals surface area contributed by atoms with Crippen LogP contribution in [0.5, 0.6) is 0 Å². The van der Waals surface area contributed by atoms with Gasteiger partial charge in [-0.25, -0.2) is 0 Å². The van der Waals surface area contributed by atoms with Gasteiger partial charge in [0.05, 0.1) is 0 Å². The summed E-state index contributed by atoms with van der Waals surface area (Å²) in [4.78, 5) is 0. The van der Waals surface area contributed by atoms with Crippen molar-refractivity contribution in [1.29, 1.82) is 0 Å². The van der Waals surface area contributed by atoms with Gasteiger partial charge in [0.1, 0.15) is 0 Å². The molecular weight excluding hydrogens is 192 g/mol.